The van der Waals surface area contributed by atoms with Crippen molar-refractivity contribution in [2.45, 2.75) is 13.5 Å². The minimum absolute atomic E-state index is 0.653. The lowest BCUT2D eigenvalue weighted by Crippen LogP contribution is -2.02. The number of imidazole rings is 1. The summed E-state index contributed by atoms with van der Waals surface area (Å²) in [6, 6.07) is 12.2. The van der Waals surface area contributed by atoms with E-state index in [9.17, 15) is 0 Å². The second-order valence-corrected chi connectivity index (χ2v) is 5.96. The smallest absolute Gasteiger partial charge is 0.0959 e. The van der Waals surface area contributed by atoms with Crippen LogP contribution >= 0.6 is 0 Å². The molecule has 0 atom stereocenters. The van der Waals surface area contributed by atoms with Crippen molar-refractivity contribution >= 4 is 11.0 Å². The van der Waals surface area contributed by atoms with Crippen molar-refractivity contribution < 1.29 is 4.74 Å². The maximum atomic E-state index is 5.18. The normalized spacial score (nSPS) is 11.3. The number of ether oxygens (including phenoxy) is 1. The summed E-state index contributed by atoms with van der Waals surface area (Å²) in [6.07, 6.45) is 3.70. The Hall–Kier alpha value is -2.99. The molecule has 25 heavy (non-hydrogen) atoms. The average Bonchev–Trinajstić information content (AvgIpc) is 3.26. The number of nitrogens with one attached hydrogen (secondary N) is 1. The molecule has 0 spiro atoms. The molecule has 0 amide bonds. The number of H-pyrrole nitrogens is 1. The Morgan fingerprint density at radius 1 is 1.20 bits per heavy atom. The van der Waals surface area contributed by atoms with E-state index in [1.54, 1.807) is 7.11 Å². The van der Waals surface area contributed by atoms with E-state index in [1.165, 1.54) is 0 Å². The molecule has 0 fully saturated rings. The van der Waals surface area contributed by atoms with Crippen molar-refractivity contribution in [2.75, 3.05) is 13.7 Å². The Morgan fingerprint density at radius 3 is 2.96 bits per heavy atom. The largest absolute Gasteiger partial charge is 0.383 e. The third-order valence-electron chi connectivity index (χ3n) is 4.25. The first-order chi connectivity index (χ1) is 12.3. The molecule has 6 heteroatoms. The number of nitrogens with zero attached hydrogens (tertiary/aromatic N) is 4. The predicted octanol–water partition coefficient (Wildman–Crippen LogP) is 3.44. The molecule has 1 N–H and O–H groups in total. The maximum absolute atomic E-state index is 5.18. The van der Waals surface area contributed by atoms with Gasteiger partial charge in [0.2, 0.25) is 0 Å². The van der Waals surface area contributed by atoms with Crippen molar-refractivity contribution in [3.8, 4) is 22.5 Å². The summed E-state index contributed by atoms with van der Waals surface area (Å²) in [7, 11) is 1.71. The Balaban J connectivity index is 1.79. The number of pyridine rings is 1. The van der Waals surface area contributed by atoms with Crippen molar-refractivity contribution in [3.63, 3.8) is 0 Å². The van der Waals surface area contributed by atoms with Crippen molar-refractivity contribution in [1.82, 2.24) is 24.7 Å². The highest BCUT2D eigenvalue weighted by molar-refractivity contribution is 5.86. The SMILES string of the molecule is COCCn1cnc2ccc(-c3cn[nH]c3-c3cccc(C)n3)cc21. The number of aromatic nitrogens is 5. The fraction of sp³-hybridized carbons (Fsp3) is 0.211. The standard InChI is InChI=1S/C19H19N5O/c1-13-4-3-5-17(22-13)19-15(11-21-23-19)14-6-7-16-18(10-14)24(12-20-16)8-9-25-2/h3-7,10-12H,8-9H2,1-2H3,(H,21,23). The number of aryl methyl sites for hydroxylation is 1. The van der Waals surface area contributed by atoms with Gasteiger partial charge in [0.15, 0.2) is 0 Å². The van der Waals surface area contributed by atoms with Crippen LogP contribution in [0.25, 0.3) is 33.5 Å². The van der Waals surface area contributed by atoms with E-state index in [-0.39, 0.29) is 0 Å². The quantitative estimate of drug-likeness (QED) is 0.607. The third kappa shape index (κ3) is 2.92. The molecule has 0 radical (unpaired) electrons. The van der Waals surface area contributed by atoms with E-state index in [0.29, 0.717) is 6.61 Å². The van der Waals surface area contributed by atoms with Crippen LogP contribution in [-0.4, -0.2) is 38.4 Å². The number of methoxy groups -OCH3 is 1. The van der Waals surface area contributed by atoms with Gasteiger partial charge in [0, 0.05) is 24.9 Å². The summed E-state index contributed by atoms with van der Waals surface area (Å²) in [5.41, 5.74) is 6.95. The average molecular weight is 333 g/mol. The monoisotopic (exact) mass is 333 g/mol. The van der Waals surface area contributed by atoms with Crippen molar-refractivity contribution in [2.24, 2.45) is 0 Å². The van der Waals surface area contributed by atoms with Crippen LogP contribution in [0.1, 0.15) is 5.69 Å². The van der Waals surface area contributed by atoms with Crippen LogP contribution in [0.3, 0.4) is 0 Å². The van der Waals surface area contributed by atoms with Gasteiger partial charge in [-0.1, -0.05) is 12.1 Å². The minimum Gasteiger partial charge on any atom is -0.383 e. The molecule has 0 unspecified atom stereocenters. The lowest BCUT2D eigenvalue weighted by atomic mass is 10.0. The van der Waals surface area contributed by atoms with Gasteiger partial charge in [-0.3, -0.25) is 10.1 Å². The van der Waals surface area contributed by atoms with E-state index < -0.39 is 0 Å². The number of aromatic amines is 1. The van der Waals surface area contributed by atoms with Gasteiger partial charge in [-0.15, -0.1) is 0 Å². The summed E-state index contributed by atoms with van der Waals surface area (Å²) in [6.45, 7) is 3.41. The fourth-order valence-electron chi connectivity index (χ4n) is 2.97. The van der Waals surface area contributed by atoms with Crippen LogP contribution < -0.4 is 0 Å². The van der Waals surface area contributed by atoms with Gasteiger partial charge < -0.3 is 9.30 Å². The van der Waals surface area contributed by atoms with Crippen LogP contribution in [0.15, 0.2) is 48.9 Å². The van der Waals surface area contributed by atoms with Crippen LogP contribution in [0.5, 0.6) is 0 Å². The Kier molecular flexibility index (Phi) is 4.03. The second-order valence-electron chi connectivity index (χ2n) is 5.96. The molecule has 3 aromatic heterocycles. The van der Waals surface area contributed by atoms with Crippen LogP contribution in [0.4, 0.5) is 0 Å². The Labute approximate surface area is 145 Å². The number of hydrogen-bond donors (Lipinski definition) is 1. The van der Waals surface area contributed by atoms with Gasteiger partial charge in [0.25, 0.3) is 0 Å². The number of benzene rings is 1. The van der Waals surface area contributed by atoms with Crippen LogP contribution in [-0.2, 0) is 11.3 Å². The summed E-state index contributed by atoms with van der Waals surface area (Å²) in [5.74, 6) is 0. The first-order valence-corrected chi connectivity index (χ1v) is 8.18. The molecule has 0 bridgehead atoms. The number of hydrogen-bond acceptors (Lipinski definition) is 4. The van der Waals surface area contributed by atoms with Crippen LogP contribution in [0.2, 0.25) is 0 Å². The van der Waals surface area contributed by atoms with Gasteiger partial charge >= 0.3 is 0 Å². The minimum atomic E-state index is 0.653. The fourth-order valence-corrected chi connectivity index (χ4v) is 2.97. The zero-order valence-electron chi connectivity index (χ0n) is 14.2. The molecule has 0 saturated carbocycles. The molecule has 3 heterocycles. The number of fused-ring (bicyclic) bond motifs is 1. The summed E-state index contributed by atoms with van der Waals surface area (Å²) < 4.78 is 7.29. The van der Waals surface area contributed by atoms with Crippen molar-refractivity contribution in [1.29, 1.82) is 0 Å². The van der Waals surface area contributed by atoms with E-state index >= 15 is 0 Å². The molecule has 0 aliphatic rings. The highest BCUT2D eigenvalue weighted by atomic mass is 16.5. The van der Waals surface area contributed by atoms with Gasteiger partial charge in [-0.05, 0) is 36.8 Å². The summed E-state index contributed by atoms with van der Waals surface area (Å²) in [4.78, 5) is 9.06. The maximum Gasteiger partial charge on any atom is 0.0959 e. The molecule has 0 aliphatic heterocycles. The zero-order valence-corrected chi connectivity index (χ0v) is 14.2. The molecule has 0 saturated heterocycles. The Bertz CT molecular complexity index is 1020. The van der Waals surface area contributed by atoms with E-state index in [4.69, 9.17) is 4.74 Å². The Morgan fingerprint density at radius 2 is 2.12 bits per heavy atom. The molecule has 1 aromatic carbocycles. The predicted molar refractivity (Wildman–Crippen MR) is 97.2 cm³/mol. The molecular weight excluding hydrogens is 314 g/mol. The molecule has 4 rings (SSSR count). The first-order valence-electron chi connectivity index (χ1n) is 8.18. The molecule has 126 valence electrons. The molecule has 4 aromatic rings. The van der Waals surface area contributed by atoms with Crippen molar-refractivity contribution in [3.05, 3.63) is 54.6 Å². The highest BCUT2D eigenvalue weighted by Crippen LogP contribution is 2.31. The van der Waals surface area contributed by atoms with Gasteiger partial charge in [-0.25, -0.2) is 4.98 Å². The second kappa shape index (κ2) is 6.49. The number of rotatable bonds is 5. The highest BCUT2D eigenvalue weighted by Gasteiger charge is 2.13. The summed E-state index contributed by atoms with van der Waals surface area (Å²) in [5, 5.41) is 7.32. The van der Waals surface area contributed by atoms with E-state index in [2.05, 4.69) is 36.9 Å². The van der Waals surface area contributed by atoms with E-state index in [1.807, 2.05) is 43.7 Å². The lowest BCUT2D eigenvalue weighted by molar-refractivity contribution is 0.188. The third-order valence-corrected chi connectivity index (χ3v) is 4.25. The van der Waals surface area contributed by atoms with Gasteiger partial charge in [0.1, 0.15) is 0 Å². The molecule has 0 aliphatic carbocycles. The topological polar surface area (TPSA) is 68.6 Å². The first kappa shape index (κ1) is 15.5. The van der Waals surface area contributed by atoms with Gasteiger partial charge in [-0.2, -0.15) is 5.10 Å². The van der Waals surface area contributed by atoms with E-state index in [0.717, 1.165) is 45.8 Å². The zero-order chi connectivity index (χ0) is 17.2. The van der Waals surface area contributed by atoms with Crippen LogP contribution in [0, 0.1) is 6.92 Å². The lowest BCUT2D eigenvalue weighted by Gasteiger charge is -2.06. The molecular formula is C19H19N5O. The van der Waals surface area contributed by atoms with Gasteiger partial charge in [0.05, 0.1) is 41.6 Å². The molecule has 6 nitrogen and oxygen atoms in total. The summed E-state index contributed by atoms with van der Waals surface area (Å²) >= 11 is 0.